The Morgan fingerprint density at radius 1 is 1.28 bits per heavy atom. The van der Waals surface area contributed by atoms with Crippen LogP contribution >= 0.6 is 0 Å². The predicted octanol–water partition coefficient (Wildman–Crippen LogP) is 4.27. The molecule has 1 N–H and O–H groups in total. The third kappa shape index (κ3) is 2.62. The lowest BCUT2D eigenvalue weighted by molar-refractivity contribution is -0.117. The van der Waals surface area contributed by atoms with Crippen LogP contribution in [0.5, 0.6) is 0 Å². The molecule has 6 nitrogen and oxygen atoms in total. The van der Waals surface area contributed by atoms with Crippen LogP contribution in [0.4, 0.5) is 0 Å². The average Bonchev–Trinajstić information content (AvgIpc) is 3.35. The largest absolute Gasteiger partial charge is 0.362 e. The van der Waals surface area contributed by atoms with Gasteiger partial charge in [-0.25, -0.2) is 0 Å². The number of ketones is 1. The van der Waals surface area contributed by atoms with E-state index in [9.17, 15) is 4.79 Å². The van der Waals surface area contributed by atoms with E-state index in [1.807, 2.05) is 30.3 Å². The second-order valence-corrected chi connectivity index (χ2v) is 8.39. The van der Waals surface area contributed by atoms with Crippen molar-refractivity contribution in [1.29, 1.82) is 0 Å². The van der Waals surface area contributed by atoms with E-state index in [-0.39, 0.29) is 11.9 Å². The number of aromatic nitrogens is 2. The van der Waals surface area contributed by atoms with Crippen molar-refractivity contribution in [1.82, 2.24) is 15.1 Å². The number of fused-ring (bicyclic) bond motifs is 1. The number of carbonyl (C=O) groups excluding carboxylic acids is 1. The van der Waals surface area contributed by atoms with Crippen LogP contribution in [0.2, 0.25) is 0 Å². The Morgan fingerprint density at radius 2 is 2.14 bits per heavy atom. The number of benzene rings is 1. The lowest BCUT2D eigenvalue weighted by Crippen LogP contribution is -2.50. The number of nitrogens with one attached hydrogen (secondary N) is 1. The number of nitrogens with zero attached hydrogens (tertiary/aromatic N) is 4. The number of rotatable bonds is 3. The molecule has 0 amide bonds. The number of allylic oxidation sites excluding steroid dienone is 2. The molecule has 0 radical (unpaired) electrons. The number of hydrogen-bond donors (Lipinski definition) is 1. The Kier molecular flexibility index (Phi) is 4.05. The average molecular weight is 387 g/mol. The van der Waals surface area contributed by atoms with Crippen LogP contribution < -0.4 is 5.32 Å². The number of Topliss-reactive ketones (excluding diaryl/α,β-unsaturated/α-hetero) is 1. The first kappa shape index (κ1) is 18.0. The fourth-order valence-corrected chi connectivity index (χ4v) is 5.22. The van der Waals surface area contributed by atoms with Gasteiger partial charge in [-0.3, -0.25) is 9.48 Å². The van der Waals surface area contributed by atoms with Crippen molar-refractivity contribution >= 4 is 5.78 Å². The summed E-state index contributed by atoms with van der Waals surface area (Å²) in [5, 5.41) is 16.5. The fraction of sp³-hybridized carbons (Fsp3) is 0.391. The Morgan fingerprint density at radius 3 is 2.90 bits per heavy atom. The molecule has 2 aliphatic heterocycles. The van der Waals surface area contributed by atoms with E-state index >= 15 is 0 Å². The van der Waals surface area contributed by atoms with Gasteiger partial charge in [-0.2, -0.15) is 15.3 Å². The normalized spacial score (nSPS) is 28.1. The first-order valence-corrected chi connectivity index (χ1v) is 10.3. The molecule has 1 aromatic heterocycles. The van der Waals surface area contributed by atoms with Gasteiger partial charge in [0.2, 0.25) is 0 Å². The molecule has 2 aromatic rings. The first-order valence-electron chi connectivity index (χ1n) is 10.3. The van der Waals surface area contributed by atoms with Gasteiger partial charge in [-0.15, -0.1) is 0 Å². The van der Waals surface area contributed by atoms with Crippen LogP contribution in [0.25, 0.3) is 11.1 Å². The van der Waals surface area contributed by atoms with Gasteiger partial charge in [0.15, 0.2) is 11.9 Å². The first-order chi connectivity index (χ1) is 14.0. The van der Waals surface area contributed by atoms with E-state index in [4.69, 9.17) is 0 Å². The molecule has 3 aliphatic rings. The van der Waals surface area contributed by atoms with Crippen LogP contribution in [0.3, 0.4) is 0 Å². The Bertz CT molecular complexity index is 1090. The summed E-state index contributed by atoms with van der Waals surface area (Å²) >= 11 is 0. The van der Waals surface area contributed by atoms with Gasteiger partial charge in [0, 0.05) is 42.1 Å². The zero-order chi connectivity index (χ0) is 20.2. The van der Waals surface area contributed by atoms with Crippen molar-refractivity contribution in [3.05, 3.63) is 65.3 Å². The highest BCUT2D eigenvalue weighted by Gasteiger charge is 2.51. The van der Waals surface area contributed by atoms with Gasteiger partial charge in [0.25, 0.3) is 0 Å². The summed E-state index contributed by atoms with van der Waals surface area (Å²) in [6.07, 6.45) is 7.82. The molecular weight excluding hydrogens is 362 g/mol. The minimum absolute atomic E-state index is 0.186. The molecule has 29 heavy (non-hydrogen) atoms. The van der Waals surface area contributed by atoms with Crippen LogP contribution in [0.15, 0.2) is 69.9 Å². The summed E-state index contributed by atoms with van der Waals surface area (Å²) in [5.41, 5.74) is 5.83. The monoisotopic (exact) mass is 387 g/mol. The lowest BCUT2D eigenvalue weighted by Gasteiger charge is -2.46. The summed E-state index contributed by atoms with van der Waals surface area (Å²) in [7, 11) is 1.92. The van der Waals surface area contributed by atoms with E-state index in [0.29, 0.717) is 12.3 Å². The van der Waals surface area contributed by atoms with Crippen molar-refractivity contribution in [2.75, 3.05) is 0 Å². The quantitative estimate of drug-likeness (QED) is 0.855. The van der Waals surface area contributed by atoms with Crippen LogP contribution in [0.1, 0.15) is 38.7 Å². The van der Waals surface area contributed by atoms with Crippen LogP contribution in [-0.4, -0.2) is 21.7 Å². The Balaban J connectivity index is 1.73. The molecule has 1 aliphatic carbocycles. The Labute approximate surface area is 170 Å². The smallest absolute Gasteiger partial charge is 0.164 e. The predicted molar refractivity (Wildman–Crippen MR) is 111 cm³/mol. The molecule has 0 fully saturated rings. The van der Waals surface area contributed by atoms with Crippen molar-refractivity contribution in [3.63, 3.8) is 0 Å². The zero-order valence-electron chi connectivity index (χ0n) is 17.0. The molecule has 0 spiro atoms. The summed E-state index contributed by atoms with van der Waals surface area (Å²) < 4.78 is 1.81. The van der Waals surface area contributed by atoms with E-state index in [0.717, 1.165) is 46.4 Å². The van der Waals surface area contributed by atoms with Gasteiger partial charge in [0.05, 0.1) is 17.8 Å². The minimum atomic E-state index is -0.496. The molecular formula is C23H25N5O. The van der Waals surface area contributed by atoms with Crippen molar-refractivity contribution < 1.29 is 4.79 Å². The lowest BCUT2D eigenvalue weighted by atomic mass is 9.60. The van der Waals surface area contributed by atoms with Gasteiger partial charge in [-0.1, -0.05) is 32.0 Å². The third-order valence-electron chi connectivity index (χ3n) is 6.50. The van der Waals surface area contributed by atoms with Crippen molar-refractivity contribution in [3.8, 4) is 11.1 Å². The SMILES string of the molecule is CC[C@]1(c2cccc(-c3cnn(C)c3)c2)C2=CN=NC2NC2=C1C(=O)C[C@@H](C)C2. The van der Waals surface area contributed by atoms with Crippen LogP contribution in [-0.2, 0) is 17.3 Å². The maximum absolute atomic E-state index is 13.3. The number of azo groups is 1. The summed E-state index contributed by atoms with van der Waals surface area (Å²) in [6, 6.07) is 8.52. The molecule has 0 bridgehead atoms. The molecule has 5 rings (SSSR count). The third-order valence-corrected chi connectivity index (χ3v) is 6.50. The maximum Gasteiger partial charge on any atom is 0.164 e. The Hall–Kier alpha value is -3.02. The van der Waals surface area contributed by atoms with Crippen LogP contribution in [0, 0.1) is 5.92 Å². The molecule has 148 valence electrons. The van der Waals surface area contributed by atoms with Crippen molar-refractivity contribution in [2.24, 2.45) is 23.2 Å². The second-order valence-electron chi connectivity index (χ2n) is 8.39. The molecule has 1 unspecified atom stereocenters. The highest BCUT2D eigenvalue weighted by atomic mass is 16.1. The highest BCUT2D eigenvalue weighted by molar-refractivity contribution is 6.01. The van der Waals surface area contributed by atoms with Gasteiger partial charge in [0.1, 0.15) is 0 Å². The molecule has 3 atom stereocenters. The maximum atomic E-state index is 13.3. The topological polar surface area (TPSA) is 71.6 Å². The van der Waals surface area contributed by atoms with E-state index < -0.39 is 5.41 Å². The molecule has 0 saturated carbocycles. The molecule has 1 aromatic carbocycles. The summed E-state index contributed by atoms with van der Waals surface area (Å²) in [4.78, 5) is 13.3. The molecule has 6 heteroatoms. The number of hydrogen-bond acceptors (Lipinski definition) is 5. The molecule has 3 heterocycles. The van der Waals surface area contributed by atoms with Gasteiger partial charge < -0.3 is 5.32 Å². The summed E-state index contributed by atoms with van der Waals surface area (Å²) in [5.74, 6) is 0.583. The van der Waals surface area contributed by atoms with Crippen molar-refractivity contribution in [2.45, 2.75) is 44.7 Å². The zero-order valence-corrected chi connectivity index (χ0v) is 17.0. The highest BCUT2D eigenvalue weighted by Crippen LogP contribution is 2.52. The second kappa shape index (κ2) is 6.51. The number of aryl methyl sites for hydroxylation is 1. The van der Waals surface area contributed by atoms with E-state index in [2.05, 4.69) is 58.8 Å². The minimum Gasteiger partial charge on any atom is -0.362 e. The van der Waals surface area contributed by atoms with Gasteiger partial charge in [-0.05, 0) is 36.0 Å². The fourth-order valence-electron chi connectivity index (χ4n) is 5.22. The van der Waals surface area contributed by atoms with E-state index in [1.54, 1.807) is 0 Å². The molecule has 0 saturated heterocycles. The number of carbonyl (C=O) groups is 1. The summed E-state index contributed by atoms with van der Waals surface area (Å²) in [6.45, 7) is 4.30. The standard InChI is InChI=1S/C23H25N5O/c1-4-23(17-7-5-6-15(10-17)16-11-25-28(3)13-16)18-12-24-27-22(18)26-19-8-14(2)9-20(29)21(19)23/h5-7,10-14,22,26H,4,8-9H2,1-3H3/t14-,22?,23-/m0/s1. The van der Waals surface area contributed by atoms with Gasteiger partial charge >= 0.3 is 0 Å². The van der Waals surface area contributed by atoms with E-state index in [1.165, 1.54) is 0 Å².